The number of halogens is 1. The Bertz CT molecular complexity index is 257. The zero-order valence-electron chi connectivity index (χ0n) is 6.62. The van der Waals surface area contributed by atoms with Crippen LogP contribution in [0.5, 0.6) is 0 Å². The van der Waals surface area contributed by atoms with Crippen molar-refractivity contribution < 1.29 is 4.74 Å². The first-order valence-electron chi connectivity index (χ1n) is 4.05. The lowest BCUT2D eigenvalue weighted by Gasteiger charge is -2.19. The summed E-state index contributed by atoms with van der Waals surface area (Å²) in [6.07, 6.45) is 2.38. The summed E-state index contributed by atoms with van der Waals surface area (Å²) in [7, 11) is 0. The van der Waals surface area contributed by atoms with Crippen molar-refractivity contribution >= 4 is 27.3 Å². The van der Waals surface area contributed by atoms with Gasteiger partial charge in [0.2, 0.25) is 0 Å². The van der Waals surface area contributed by atoms with Gasteiger partial charge in [-0.05, 0) is 28.8 Å². The molecule has 1 atom stereocenters. The summed E-state index contributed by atoms with van der Waals surface area (Å²) in [5.41, 5.74) is 1.19. The van der Waals surface area contributed by atoms with E-state index in [1.165, 1.54) is 18.5 Å². The largest absolute Gasteiger partial charge is 0.381 e. The molecule has 1 saturated heterocycles. The van der Waals surface area contributed by atoms with Gasteiger partial charge in [0.25, 0.3) is 0 Å². The summed E-state index contributed by atoms with van der Waals surface area (Å²) in [4.78, 5) is 4.39. The highest BCUT2D eigenvalue weighted by Crippen LogP contribution is 2.28. The van der Waals surface area contributed by atoms with Crippen molar-refractivity contribution in [1.29, 1.82) is 0 Å². The van der Waals surface area contributed by atoms with Crippen molar-refractivity contribution in [2.45, 2.75) is 18.8 Å². The van der Waals surface area contributed by atoms with Gasteiger partial charge in [-0.25, -0.2) is 4.98 Å². The molecule has 1 fully saturated rings. The third kappa shape index (κ3) is 1.87. The van der Waals surface area contributed by atoms with Crippen LogP contribution in [0.15, 0.2) is 9.30 Å². The van der Waals surface area contributed by atoms with E-state index in [0.717, 1.165) is 17.1 Å². The van der Waals surface area contributed by atoms with Crippen LogP contribution in [-0.2, 0) is 4.74 Å². The van der Waals surface area contributed by atoms with Gasteiger partial charge in [-0.3, -0.25) is 0 Å². The molecule has 1 unspecified atom stereocenters. The fourth-order valence-corrected chi connectivity index (χ4v) is 2.53. The average Bonchev–Trinajstić information content (AvgIpc) is 2.54. The van der Waals surface area contributed by atoms with Crippen molar-refractivity contribution in [3.05, 3.63) is 15.0 Å². The van der Waals surface area contributed by atoms with Gasteiger partial charge in [0, 0.05) is 17.9 Å². The minimum atomic E-state index is 0.529. The third-order valence-electron chi connectivity index (χ3n) is 2.07. The van der Waals surface area contributed by atoms with Gasteiger partial charge in [-0.15, -0.1) is 11.3 Å². The van der Waals surface area contributed by atoms with Gasteiger partial charge in [-0.1, -0.05) is 0 Å². The molecule has 1 aliphatic heterocycles. The standard InChI is InChI=1S/C8H10BrNOS/c9-8-10-7(5-12-8)6-2-1-3-11-4-6/h5-6H,1-4H2. The van der Waals surface area contributed by atoms with E-state index in [2.05, 4.69) is 26.3 Å². The molecule has 1 aromatic heterocycles. The van der Waals surface area contributed by atoms with E-state index in [1.807, 2.05) is 0 Å². The first kappa shape index (κ1) is 8.66. The molecule has 12 heavy (non-hydrogen) atoms. The number of hydrogen-bond donors (Lipinski definition) is 0. The van der Waals surface area contributed by atoms with E-state index in [1.54, 1.807) is 11.3 Å². The SMILES string of the molecule is Brc1nc(C2CCCOC2)cs1. The molecule has 1 aromatic rings. The van der Waals surface area contributed by atoms with Crippen LogP contribution in [-0.4, -0.2) is 18.2 Å². The Labute approximate surface area is 84.1 Å². The van der Waals surface area contributed by atoms with E-state index in [9.17, 15) is 0 Å². The summed E-state index contributed by atoms with van der Waals surface area (Å²) >= 11 is 5.01. The Morgan fingerprint density at radius 1 is 1.67 bits per heavy atom. The van der Waals surface area contributed by atoms with Crippen LogP contribution in [0.3, 0.4) is 0 Å². The topological polar surface area (TPSA) is 22.1 Å². The lowest BCUT2D eigenvalue weighted by molar-refractivity contribution is 0.0794. The van der Waals surface area contributed by atoms with Gasteiger partial charge < -0.3 is 4.74 Å². The maximum absolute atomic E-state index is 5.40. The number of thiazole rings is 1. The Hall–Kier alpha value is 0.0700. The highest BCUT2D eigenvalue weighted by atomic mass is 79.9. The maximum atomic E-state index is 5.40. The summed E-state index contributed by atoms with van der Waals surface area (Å²) in [5, 5.41) is 2.11. The molecular formula is C8H10BrNOS. The fourth-order valence-electron chi connectivity index (χ4n) is 1.42. The zero-order chi connectivity index (χ0) is 8.39. The minimum Gasteiger partial charge on any atom is -0.381 e. The molecule has 1 aliphatic rings. The van der Waals surface area contributed by atoms with E-state index in [-0.39, 0.29) is 0 Å². The second kappa shape index (κ2) is 3.85. The lowest BCUT2D eigenvalue weighted by atomic mass is 10.00. The highest BCUT2D eigenvalue weighted by molar-refractivity contribution is 9.11. The number of rotatable bonds is 1. The monoisotopic (exact) mass is 247 g/mol. The summed E-state index contributed by atoms with van der Waals surface area (Å²) < 4.78 is 6.37. The van der Waals surface area contributed by atoms with E-state index in [4.69, 9.17) is 4.74 Å². The van der Waals surface area contributed by atoms with Crippen LogP contribution >= 0.6 is 27.3 Å². The van der Waals surface area contributed by atoms with Crippen LogP contribution in [0.25, 0.3) is 0 Å². The molecule has 0 saturated carbocycles. The molecule has 2 rings (SSSR count). The predicted octanol–water partition coefficient (Wildman–Crippen LogP) is 2.80. The first-order chi connectivity index (χ1) is 5.86. The van der Waals surface area contributed by atoms with Gasteiger partial charge in [-0.2, -0.15) is 0 Å². The zero-order valence-corrected chi connectivity index (χ0v) is 9.03. The fraction of sp³-hybridized carbons (Fsp3) is 0.625. The van der Waals surface area contributed by atoms with Crippen LogP contribution in [0, 0.1) is 0 Å². The Morgan fingerprint density at radius 2 is 2.58 bits per heavy atom. The van der Waals surface area contributed by atoms with Crippen LogP contribution < -0.4 is 0 Å². The molecule has 0 bridgehead atoms. The summed E-state index contributed by atoms with van der Waals surface area (Å²) in [6, 6.07) is 0. The number of ether oxygens (including phenoxy) is 1. The number of hydrogen-bond acceptors (Lipinski definition) is 3. The first-order valence-corrected chi connectivity index (χ1v) is 5.72. The number of aromatic nitrogens is 1. The molecule has 0 spiro atoms. The molecule has 0 aromatic carbocycles. The van der Waals surface area contributed by atoms with E-state index >= 15 is 0 Å². The van der Waals surface area contributed by atoms with E-state index in [0.29, 0.717) is 5.92 Å². The quantitative estimate of drug-likeness (QED) is 0.762. The molecule has 66 valence electrons. The Morgan fingerprint density at radius 3 is 3.17 bits per heavy atom. The minimum absolute atomic E-state index is 0.529. The van der Waals surface area contributed by atoms with Gasteiger partial charge >= 0.3 is 0 Å². The molecule has 0 aliphatic carbocycles. The predicted molar refractivity (Wildman–Crippen MR) is 52.6 cm³/mol. The molecule has 0 amide bonds. The highest BCUT2D eigenvalue weighted by Gasteiger charge is 2.18. The van der Waals surface area contributed by atoms with Crippen LogP contribution in [0.2, 0.25) is 0 Å². The molecule has 0 radical (unpaired) electrons. The summed E-state index contributed by atoms with van der Waals surface area (Å²) in [6.45, 7) is 1.76. The summed E-state index contributed by atoms with van der Waals surface area (Å²) in [5.74, 6) is 0.529. The second-order valence-corrected chi connectivity index (χ2v) is 5.07. The number of nitrogens with zero attached hydrogens (tertiary/aromatic N) is 1. The third-order valence-corrected chi connectivity index (χ3v) is 3.46. The molecule has 2 nitrogen and oxygen atoms in total. The van der Waals surface area contributed by atoms with Gasteiger partial charge in [0.1, 0.15) is 0 Å². The van der Waals surface area contributed by atoms with Crippen molar-refractivity contribution in [3.63, 3.8) is 0 Å². The van der Waals surface area contributed by atoms with Crippen molar-refractivity contribution in [3.8, 4) is 0 Å². The van der Waals surface area contributed by atoms with Gasteiger partial charge in [0.15, 0.2) is 3.92 Å². The molecule has 2 heterocycles. The lowest BCUT2D eigenvalue weighted by Crippen LogP contribution is -2.15. The molecule has 0 N–H and O–H groups in total. The molecular weight excluding hydrogens is 238 g/mol. The van der Waals surface area contributed by atoms with Gasteiger partial charge in [0.05, 0.1) is 12.3 Å². The second-order valence-electron chi connectivity index (χ2n) is 2.94. The van der Waals surface area contributed by atoms with Crippen molar-refractivity contribution in [2.24, 2.45) is 0 Å². The Balaban J connectivity index is 2.08. The van der Waals surface area contributed by atoms with E-state index < -0.39 is 0 Å². The molecule has 4 heteroatoms. The Kier molecular flexibility index (Phi) is 2.78. The smallest absolute Gasteiger partial charge is 0.159 e. The average molecular weight is 248 g/mol. The van der Waals surface area contributed by atoms with Crippen molar-refractivity contribution in [2.75, 3.05) is 13.2 Å². The van der Waals surface area contributed by atoms with Crippen molar-refractivity contribution in [1.82, 2.24) is 4.98 Å². The normalized spacial score (nSPS) is 24.2. The van der Waals surface area contributed by atoms with Crippen LogP contribution in [0.4, 0.5) is 0 Å². The van der Waals surface area contributed by atoms with Crippen LogP contribution in [0.1, 0.15) is 24.5 Å². The maximum Gasteiger partial charge on any atom is 0.159 e.